The van der Waals surface area contributed by atoms with Gasteiger partial charge in [-0.1, -0.05) is 140 Å². The summed E-state index contributed by atoms with van der Waals surface area (Å²) < 4.78 is 33.1. The van der Waals surface area contributed by atoms with Crippen LogP contribution in [0.1, 0.15) is 136 Å². The van der Waals surface area contributed by atoms with Gasteiger partial charge in [0.1, 0.15) is 5.82 Å². The van der Waals surface area contributed by atoms with Crippen LogP contribution >= 0.6 is 15.9 Å². The van der Waals surface area contributed by atoms with Gasteiger partial charge in [0.15, 0.2) is 8.32 Å². The second-order valence-corrected chi connectivity index (χ2v) is 18.8. The average molecular weight is 646 g/mol. The van der Waals surface area contributed by atoms with Crippen molar-refractivity contribution in [3.63, 3.8) is 0 Å². The molecule has 0 spiro atoms. The number of benzene rings is 1. The van der Waals surface area contributed by atoms with Crippen molar-refractivity contribution in [1.29, 1.82) is 0 Å². The van der Waals surface area contributed by atoms with Crippen LogP contribution in [0.25, 0.3) is 0 Å². The molecule has 3 nitrogen and oxygen atoms in total. The zero-order chi connectivity index (χ0) is 29.7. The van der Waals surface area contributed by atoms with Crippen LogP contribution in [0.2, 0.25) is 18.1 Å². The fourth-order valence-electron chi connectivity index (χ4n) is 4.68. The molecule has 0 aliphatic carbocycles. The predicted octanol–water partition coefficient (Wildman–Crippen LogP) is 11.8. The molecule has 234 valence electrons. The largest absolute Gasteiger partial charge is 0.409 e. The first kappa shape index (κ1) is 37.8. The highest BCUT2D eigenvalue weighted by Crippen LogP contribution is 2.37. The molecule has 0 unspecified atom stereocenters. The highest BCUT2D eigenvalue weighted by molar-refractivity contribution is 9.10. The van der Waals surface area contributed by atoms with E-state index in [2.05, 4.69) is 56.7 Å². The van der Waals surface area contributed by atoms with Gasteiger partial charge in [0.05, 0.1) is 25.9 Å². The summed E-state index contributed by atoms with van der Waals surface area (Å²) >= 11 is 3.35. The third-order valence-corrected chi connectivity index (χ3v) is 13.2. The van der Waals surface area contributed by atoms with Crippen molar-refractivity contribution in [1.82, 2.24) is 0 Å². The maximum absolute atomic E-state index is 13.7. The predicted molar refractivity (Wildman–Crippen MR) is 176 cm³/mol. The molecule has 0 bridgehead atoms. The van der Waals surface area contributed by atoms with Gasteiger partial charge in [0.25, 0.3) is 0 Å². The summed E-state index contributed by atoms with van der Waals surface area (Å²) in [5, 5.41) is 0.118. The van der Waals surface area contributed by atoms with E-state index in [9.17, 15) is 4.39 Å². The Balaban J connectivity index is 2.16. The fourth-order valence-corrected chi connectivity index (χ4v) is 6.51. The summed E-state index contributed by atoms with van der Waals surface area (Å²) in [6.45, 7) is 15.7. The quantitative estimate of drug-likeness (QED) is 0.0782. The highest BCUT2D eigenvalue weighted by atomic mass is 79.9. The summed E-state index contributed by atoms with van der Waals surface area (Å²) in [6.07, 6.45) is 21.8. The van der Waals surface area contributed by atoms with E-state index < -0.39 is 8.32 Å². The van der Waals surface area contributed by atoms with Gasteiger partial charge in [-0.25, -0.2) is 4.39 Å². The fraction of sp³-hybridized carbons (Fsp3) is 0.824. The Morgan fingerprint density at radius 1 is 0.725 bits per heavy atom. The zero-order valence-corrected chi connectivity index (χ0v) is 29.5. The van der Waals surface area contributed by atoms with E-state index in [-0.39, 0.29) is 17.0 Å². The number of unbranched alkanes of at least 4 members (excludes halogenated alkanes) is 15. The first-order valence-electron chi connectivity index (χ1n) is 16.3. The molecule has 1 aromatic carbocycles. The monoisotopic (exact) mass is 644 g/mol. The molecule has 0 aliphatic rings. The summed E-state index contributed by atoms with van der Waals surface area (Å²) in [4.78, 5) is 0. The number of hydrogen-bond donors (Lipinski definition) is 0. The molecular weight excluding hydrogens is 583 g/mol. The van der Waals surface area contributed by atoms with Crippen LogP contribution in [0.4, 0.5) is 4.39 Å². The van der Waals surface area contributed by atoms with Crippen molar-refractivity contribution in [3.05, 3.63) is 34.1 Å². The van der Waals surface area contributed by atoms with Crippen LogP contribution in [0.3, 0.4) is 0 Å². The smallest absolute Gasteiger partial charge is 0.192 e. The van der Waals surface area contributed by atoms with Crippen molar-refractivity contribution < 1.29 is 18.3 Å². The van der Waals surface area contributed by atoms with Gasteiger partial charge in [-0.2, -0.15) is 0 Å². The molecule has 0 aromatic heterocycles. The van der Waals surface area contributed by atoms with Crippen molar-refractivity contribution in [3.8, 4) is 0 Å². The third kappa shape index (κ3) is 19.0. The van der Waals surface area contributed by atoms with Crippen LogP contribution in [-0.2, 0) is 20.5 Å². The second kappa shape index (κ2) is 22.3. The molecule has 0 N–H and O–H groups in total. The Morgan fingerprint density at radius 2 is 1.20 bits per heavy atom. The first-order valence-corrected chi connectivity index (χ1v) is 20.0. The van der Waals surface area contributed by atoms with Crippen LogP contribution in [0, 0.1) is 5.82 Å². The lowest BCUT2D eigenvalue weighted by Crippen LogP contribution is -2.46. The highest BCUT2D eigenvalue weighted by Gasteiger charge is 2.39. The standard InChI is InChI=1S/C34H62BrFO3Si/c1-7-8-9-10-11-12-13-14-15-16-17-18-19-20-21-22-23-37-28-33(39-40(5,6)34(2,3)4)29-38-27-30-24-31(35)26-32(36)25-30/h24-26,33H,7-23,27-29H2,1-6H3/t33-/m1/s1. The van der Waals surface area contributed by atoms with Gasteiger partial charge in [0, 0.05) is 11.1 Å². The maximum Gasteiger partial charge on any atom is 0.192 e. The lowest BCUT2D eigenvalue weighted by molar-refractivity contribution is -0.0178. The van der Waals surface area contributed by atoms with E-state index >= 15 is 0 Å². The minimum absolute atomic E-state index is 0.112. The van der Waals surface area contributed by atoms with Crippen LogP contribution in [-0.4, -0.2) is 34.2 Å². The minimum Gasteiger partial charge on any atom is -0.409 e. The molecule has 6 heteroatoms. The summed E-state index contributed by atoms with van der Waals surface area (Å²) in [5.41, 5.74) is 0.812. The van der Waals surface area contributed by atoms with Gasteiger partial charge in [-0.15, -0.1) is 0 Å². The third-order valence-electron chi connectivity index (χ3n) is 8.21. The van der Waals surface area contributed by atoms with E-state index in [0.717, 1.165) is 23.1 Å². The van der Waals surface area contributed by atoms with Gasteiger partial charge in [-0.05, 0) is 48.3 Å². The number of rotatable bonds is 25. The Morgan fingerprint density at radius 3 is 1.68 bits per heavy atom. The number of halogens is 2. The molecular formula is C34H62BrFO3Si. The average Bonchev–Trinajstić information content (AvgIpc) is 2.86. The van der Waals surface area contributed by atoms with Crippen LogP contribution < -0.4 is 0 Å². The van der Waals surface area contributed by atoms with Gasteiger partial charge < -0.3 is 13.9 Å². The molecule has 1 rings (SSSR count). The molecule has 0 fully saturated rings. The lowest BCUT2D eigenvalue weighted by atomic mass is 10.0. The summed E-state index contributed by atoms with van der Waals surface area (Å²) in [5.74, 6) is -0.260. The van der Waals surface area contributed by atoms with Crippen molar-refractivity contribution in [2.45, 2.75) is 161 Å². The molecule has 40 heavy (non-hydrogen) atoms. The second-order valence-electron chi connectivity index (χ2n) is 13.2. The number of hydrogen-bond acceptors (Lipinski definition) is 3. The first-order chi connectivity index (χ1) is 19.0. The van der Waals surface area contributed by atoms with E-state index in [0.29, 0.717) is 19.8 Å². The molecule has 0 amide bonds. The van der Waals surface area contributed by atoms with Crippen LogP contribution in [0.15, 0.2) is 22.7 Å². The van der Waals surface area contributed by atoms with E-state index in [1.54, 1.807) is 0 Å². The Hall–Kier alpha value is -0.273. The summed E-state index contributed by atoms with van der Waals surface area (Å²) in [6, 6.07) is 4.86. The lowest BCUT2D eigenvalue weighted by Gasteiger charge is -2.39. The SMILES string of the molecule is CCCCCCCCCCCCCCCCCCOC[C@H](COCc1cc(F)cc(Br)c1)O[Si](C)(C)C(C)(C)C. The van der Waals surface area contributed by atoms with E-state index in [4.69, 9.17) is 13.9 Å². The Kier molecular flexibility index (Phi) is 21.0. The van der Waals surface area contributed by atoms with Crippen molar-refractivity contribution >= 4 is 24.2 Å². The molecule has 0 radical (unpaired) electrons. The van der Waals surface area contributed by atoms with E-state index in [1.165, 1.54) is 108 Å². The van der Waals surface area contributed by atoms with Crippen LogP contribution in [0.5, 0.6) is 0 Å². The molecule has 0 saturated heterocycles. The molecule has 0 aliphatic heterocycles. The molecule has 0 heterocycles. The Labute approximate surface area is 257 Å². The van der Waals surface area contributed by atoms with Crippen molar-refractivity contribution in [2.24, 2.45) is 0 Å². The van der Waals surface area contributed by atoms with Crippen molar-refractivity contribution in [2.75, 3.05) is 19.8 Å². The summed E-state index contributed by atoms with van der Waals surface area (Å²) in [7, 11) is -1.96. The number of ether oxygens (including phenoxy) is 2. The molecule has 0 saturated carbocycles. The van der Waals surface area contributed by atoms with Gasteiger partial charge in [-0.3, -0.25) is 0 Å². The topological polar surface area (TPSA) is 27.7 Å². The minimum atomic E-state index is -1.96. The molecule has 1 atom stereocenters. The van der Waals surface area contributed by atoms with Gasteiger partial charge >= 0.3 is 0 Å². The maximum atomic E-state index is 13.7. The van der Waals surface area contributed by atoms with Gasteiger partial charge in [0.2, 0.25) is 0 Å². The zero-order valence-electron chi connectivity index (χ0n) is 26.9. The normalized spacial score (nSPS) is 13.2. The molecule has 1 aromatic rings. The van der Waals surface area contributed by atoms with E-state index in [1.807, 2.05) is 6.07 Å². The Bertz CT molecular complexity index is 733.